The molecule has 0 spiro atoms. The molecule has 3 aromatic rings. The van der Waals surface area contributed by atoms with Crippen LogP contribution in [-0.4, -0.2) is 47.4 Å². The van der Waals surface area contributed by atoms with Gasteiger partial charge in [0.1, 0.15) is 18.2 Å². The Kier molecular flexibility index (Phi) is 7.27. The number of nitrogens with one attached hydrogen (secondary N) is 2. The maximum atomic E-state index is 5.88. The highest BCUT2D eigenvalue weighted by molar-refractivity contribution is 7.98. The maximum absolute atomic E-state index is 5.88. The zero-order valence-corrected chi connectivity index (χ0v) is 18.9. The number of aromatic nitrogens is 2. The first-order chi connectivity index (χ1) is 15.2. The molecule has 0 atom stereocenters. The molecule has 2 N–H and O–H groups in total. The van der Waals surface area contributed by atoms with Crippen molar-refractivity contribution < 1.29 is 4.74 Å². The third-order valence-electron chi connectivity index (χ3n) is 5.29. The molecule has 1 fully saturated rings. The van der Waals surface area contributed by atoms with Crippen LogP contribution in [0.5, 0.6) is 5.75 Å². The Bertz CT molecular complexity index is 990. The average Bonchev–Trinajstić information content (AvgIpc) is 3.31. The minimum absolute atomic E-state index is 0.553. The predicted molar refractivity (Wildman–Crippen MR) is 129 cm³/mol. The summed E-state index contributed by atoms with van der Waals surface area (Å²) in [6, 6.07) is 16.2. The summed E-state index contributed by atoms with van der Waals surface area (Å²) >= 11 is 1.72. The molecule has 0 amide bonds. The van der Waals surface area contributed by atoms with Crippen molar-refractivity contribution in [3.05, 3.63) is 60.3 Å². The Morgan fingerprint density at radius 2 is 1.84 bits per heavy atom. The van der Waals surface area contributed by atoms with Crippen LogP contribution < -0.4 is 15.4 Å². The molecule has 0 saturated carbocycles. The van der Waals surface area contributed by atoms with Crippen LogP contribution in [0.1, 0.15) is 18.4 Å². The molecule has 4 rings (SSSR count). The molecule has 0 unspecified atom stereocenters. The lowest BCUT2D eigenvalue weighted by Crippen LogP contribution is -2.25. The molecule has 1 aliphatic heterocycles. The fraction of sp³-hybridized carbons (Fsp3) is 0.333. The molecule has 2 heterocycles. The van der Waals surface area contributed by atoms with Gasteiger partial charge in [0, 0.05) is 34.6 Å². The quantitative estimate of drug-likeness (QED) is 0.432. The summed E-state index contributed by atoms with van der Waals surface area (Å²) in [5.41, 5.74) is 2.92. The summed E-state index contributed by atoms with van der Waals surface area (Å²) in [6.07, 6.45) is 6.51. The van der Waals surface area contributed by atoms with Crippen LogP contribution in [0.3, 0.4) is 0 Å². The highest BCUT2D eigenvalue weighted by atomic mass is 32.2. The van der Waals surface area contributed by atoms with E-state index in [4.69, 9.17) is 4.74 Å². The number of thioether (sulfide) groups is 1. The minimum atomic E-state index is 0.553. The Labute approximate surface area is 188 Å². The van der Waals surface area contributed by atoms with E-state index in [-0.39, 0.29) is 0 Å². The van der Waals surface area contributed by atoms with Crippen LogP contribution in [0, 0.1) is 6.92 Å². The number of nitrogens with zero attached hydrogens (tertiary/aromatic N) is 3. The number of anilines is 4. The zero-order valence-electron chi connectivity index (χ0n) is 18.1. The molecule has 162 valence electrons. The predicted octanol–water partition coefficient (Wildman–Crippen LogP) is 5.47. The number of benzene rings is 2. The van der Waals surface area contributed by atoms with Crippen molar-refractivity contribution in [3.8, 4) is 5.75 Å². The van der Waals surface area contributed by atoms with Gasteiger partial charge in [-0.2, -0.15) is 4.98 Å². The smallest absolute Gasteiger partial charge is 0.229 e. The minimum Gasteiger partial charge on any atom is -0.492 e. The summed E-state index contributed by atoms with van der Waals surface area (Å²) in [5, 5.41) is 6.68. The van der Waals surface area contributed by atoms with E-state index in [1.165, 1.54) is 30.8 Å². The van der Waals surface area contributed by atoms with E-state index in [9.17, 15) is 0 Å². The second kappa shape index (κ2) is 10.5. The summed E-state index contributed by atoms with van der Waals surface area (Å²) in [5.74, 6) is 2.22. The standard InChI is InChI=1S/C24H29N5OS/c1-18-17-25-24(28-23(18)26-20-6-5-7-22(16-20)31-2)27-19-8-10-21(11-9-19)30-15-14-29-12-3-4-13-29/h5-11,16-17H,3-4,12-15H2,1-2H3,(H2,25,26,27,28). The lowest BCUT2D eigenvalue weighted by molar-refractivity contribution is 0.238. The molecular formula is C24H29N5OS. The number of ether oxygens (including phenoxy) is 1. The lowest BCUT2D eigenvalue weighted by atomic mass is 10.3. The van der Waals surface area contributed by atoms with Gasteiger partial charge in [-0.25, -0.2) is 4.98 Å². The highest BCUT2D eigenvalue weighted by Crippen LogP contribution is 2.25. The van der Waals surface area contributed by atoms with Gasteiger partial charge >= 0.3 is 0 Å². The van der Waals surface area contributed by atoms with Crippen molar-refractivity contribution in [3.63, 3.8) is 0 Å². The van der Waals surface area contributed by atoms with E-state index < -0.39 is 0 Å². The van der Waals surface area contributed by atoms with E-state index in [0.29, 0.717) is 5.95 Å². The molecule has 0 aliphatic carbocycles. The molecule has 6 nitrogen and oxygen atoms in total. The molecule has 2 aromatic carbocycles. The van der Waals surface area contributed by atoms with Crippen LogP contribution in [-0.2, 0) is 0 Å². The molecule has 7 heteroatoms. The fourth-order valence-corrected chi connectivity index (χ4v) is 3.99. The van der Waals surface area contributed by atoms with E-state index in [2.05, 4.69) is 43.9 Å². The Hall–Kier alpha value is -2.77. The topological polar surface area (TPSA) is 62.3 Å². The fourth-order valence-electron chi connectivity index (χ4n) is 3.53. The Balaban J connectivity index is 1.35. The van der Waals surface area contributed by atoms with Crippen molar-refractivity contribution in [1.82, 2.24) is 14.9 Å². The second-order valence-electron chi connectivity index (χ2n) is 7.63. The van der Waals surface area contributed by atoms with Crippen LogP contribution in [0.2, 0.25) is 0 Å². The summed E-state index contributed by atoms with van der Waals surface area (Å²) in [4.78, 5) is 12.7. The van der Waals surface area contributed by atoms with Gasteiger partial charge in [-0.3, -0.25) is 4.90 Å². The number of hydrogen-bond donors (Lipinski definition) is 2. The van der Waals surface area contributed by atoms with Crippen molar-refractivity contribution in [2.24, 2.45) is 0 Å². The van der Waals surface area contributed by atoms with E-state index in [0.717, 1.165) is 41.7 Å². The van der Waals surface area contributed by atoms with E-state index in [1.807, 2.05) is 49.5 Å². The first-order valence-electron chi connectivity index (χ1n) is 10.7. The number of aryl methyl sites for hydroxylation is 1. The molecule has 1 aromatic heterocycles. The van der Waals surface area contributed by atoms with Gasteiger partial charge in [0.2, 0.25) is 5.95 Å². The van der Waals surface area contributed by atoms with Crippen molar-refractivity contribution >= 4 is 34.9 Å². The third-order valence-corrected chi connectivity index (χ3v) is 6.01. The molecule has 31 heavy (non-hydrogen) atoms. The van der Waals surface area contributed by atoms with Crippen molar-refractivity contribution in [1.29, 1.82) is 0 Å². The van der Waals surface area contributed by atoms with E-state index >= 15 is 0 Å². The summed E-state index contributed by atoms with van der Waals surface area (Å²) in [6.45, 7) is 6.11. The normalized spacial score (nSPS) is 13.9. The van der Waals surface area contributed by atoms with Gasteiger partial charge in [-0.05, 0) is 81.6 Å². The number of hydrogen-bond acceptors (Lipinski definition) is 7. The Morgan fingerprint density at radius 3 is 2.61 bits per heavy atom. The van der Waals surface area contributed by atoms with Crippen LogP contribution in [0.4, 0.5) is 23.1 Å². The van der Waals surface area contributed by atoms with Crippen LogP contribution >= 0.6 is 11.8 Å². The first kappa shape index (κ1) is 21.5. The van der Waals surface area contributed by atoms with Gasteiger partial charge in [0.15, 0.2) is 0 Å². The van der Waals surface area contributed by atoms with Crippen molar-refractivity contribution in [2.45, 2.75) is 24.7 Å². The van der Waals surface area contributed by atoms with E-state index in [1.54, 1.807) is 11.8 Å². The molecular weight excluding hydrogens is 406 g/mol. The van der Waals surface area contributed by atoms with Gasteiger partial charge in [-0.15, -0.1) is 11.8 Å². The summed E-state index contributed by atoms with van der Waals surface area (Å²) in [7, 11) is 0. The third kappa shape index (κ3) is 6.12. The van der Waals surface area contributed by atoms with Crippen LogP contribution in [0.25, 0.3) is 0 Å². The van der Waals surface area contributed by atoms with Crippen LogP contribution in [0.15, 0.2) is 59.6 Å². The second-order valence-corrected chi connectivity index (χ2v) is 8.51. The largest absolute Gasteiger partial charge is 0.492 e. The number of likely N-dealkylation sites (tertiary alicyclic amines) is 1. The van der Waals surface area contributed by atoms with Crippen molar-refractivity contribution in [2.75, 3.05) is 43.1 Å². The lowest BCUT2D eigenvalue weighted by Gasteiger charge is -2.15. The van der Waals surface area contributed by atoms with Gasteiger partial charge in [-0.1, -0.05) is 6.07 Å². The zero-order chi connectivity index (χ0) is 21.5. The number of rotatable bonds is 9. The molecule has 1 aliphatic rings. The SMILES string of the molecule is CSc1cccc(Nc2nc(Nc3ccc(OCCN4CCCC4)cc3)ncc2C)c1. The maximum Gasteiger partial charge on any atom is 0.229 e. The Morgan fingerprint density at radius 1 is 1.03 bits per heavy atom. The first-order valence-corrected chi connectivity index (χ1v) is 11.9. The monoisotopic (exact) mass is 435 g/mol. The summed E-state index contributed by atoms with van der Waals surface area (Å²) < 4.78 is 5.88. The molecule has 0 radical (unpaired) electrons. The molecule has 0 bridgehead atoms. The average molecular weight is 436 g/mol. The van der Waals surface area contributed by atoms with Gasteiger partial charge in [0.05, 0.1) is 0 Å². The van der Waals surface area contributed by atoms with Gasteiger partial charge in [0.25, 0.3) is 0 Å². The van der Waals surface area contributed by atoms with Gasteiger partial charge < -0.3 is 15.4 Å². The highest BCUT2D eigenvalue weighted by Gasteiger charge is 2.11. The molecule has 1 saturated heterocycles.